The van der Waals surface area contributed by atoms with Gasteiger partial charge in [-0.3, -0.25) is 9.36 Å². The van der Waals surface area contributed by atoms with Gasteiger partial charge >= 0.3 is 0 Å². The average molecular weight is 532 g/mol. The number of allylic oxidation sites excluding steroid dienone is 1. The zero-order valence-electron chi connectivity index (χ0n) is 19.4. The van der Waals surface area contributed by atoms with Gasteiger partial charge in [-0.1, -0.05) is 47.6 Å². The molecule has 6 nitrogen and oxygen atoms in total. The number of nitrogens with zero attached hydrogens (tertiary/aromatic N) is 4. The fourth-order valence-corrected chi connectivity index (χ4v) is 5.75. The van der Waals surface area contributed by atoms with Crippen molar-refractivity contribution >= 4 is 56.5 Å². The van der Waals surface area contributed by atoms with Crippen LogP contribution < -0.4 is 5.32 Å². The lowest BCUT2D eigenvalue weighted by atomic mass is 10.2. The topological polar surface area (TPSA) is 72.7 Å². The lowest BCUT2D eigenvalue weighted by molar-refractivity contribution is -0.113. The monoisotopic (exact) mass is 531 g/mol. The van der Waals surface area contributed by atoms with Gasteiger partial charge in [0, 0.05) is 23.4 Å². The number of thiazole rings is 1. The normalized spacial score (nSPS) is 11.1. The minimum Gasteiger partial charge on any atom is -0.325 e. The second-order valence-electron chi connectivity index (χ2n) is 8.09. The Hall–Kier alpha value is -3.46. The number of anilines is 1. The van der Waals surface area contributed by atoms with Crippen LogP contribution in [0.5, 0.6) is 0 Å². The van der Waals surface area contributed by atoms with Crippen LogP contribution in [0.1, 0.15) is 5.56 Å². The van der Waals surface area contributed by atoms with E-state index in [4.69, 9.17) is 16.6 Å². The van der Waals surface area contributed by atoms with E-state index in [-0.39, 0.29) is 11.7 Å². The molecule has 9 heteroatoms. The summed E-state index contributed by atoms with van der Waals surface area (Å²) in [7, 11) is 0. The van der Waals surface area contributed by atoms with E-state index < -0.39 is 0 Å². The Balaban J connectivity index is 1.25. The van der Waals surface area contributed by atoms with E-state index in [9.17, 15) is 4.79 Å². The van der Waals surface area contributed by atoms with E-state index in [2.05, 4.69) is 41.1 Å². The van der Waals surface area contributed by atoms with Crippen LogP contribution in [-0.2, 0) is 11.3 Å². The molecular formula is C27H22ClN5OS2. The van der Waals surface area contributed by atoms with Gasteiger partial charge in [0.05, 0.1) is 21.0 Å². The summed E-state index contributed by atoms with van der Waals surface area (Å²) in [5.74, 6) is 0.705. The highest BCUT2D eigenvalue weighted by atomic mass is 35.5. The molecule has 0 radical (unpaired) electrons. The fourth-order valence-electron chi connectivity index (χ4n) is 3.71. The van der Waals surface area contributed by atoms with Crippen molar-refractivity contribution in [1.29, 1.82) is 0 Å². The minimum absolute atomic E-state index is 0.129. The van der Waals surface area contributed by atoms with E-state index in [1.54, 1.807) is 17.4 Å². The van der Waals surface area contributed by atoms with Crippen molar-refractivity contribution in [2.45, 2.75) is 18.6 Å². The number of carbonyl (C=O) groups is 1. The number of hydrogen-bond acceptors (Lipinski definition) is 6. The molecule has 5 aromatic rings. The molecule has 180 valence electrons. The third kappa shape index (κ3) is 5.21. The lowest BCUT2D eigenvalue weighted by Gasteiger charge is -2.09. The number of fused-ring (bicyclic) bond motifs is 1. The summed E-state index contributed by atoms with van der Waals surface area (Å²) in [6, 6.07) is 21.5. The zero-order chi connectivity index (χ0) is 25.1. The predicted molar refractivity (Wildman–Crippen MR) is 150 cm³/mol. The largest absolute Gasteiger partial charge is 0.325 e. The smallest absolute Gasteiger partial charge is 0.234 e. The first kappa shape index (κ1) is 24.2. The van der Waals surface area contributed by atoms with Gasteiger partial charge in [-0.15, -0.1) is 28.1 Å². The number of amides is 1. The molecule has 0 aliphatic rings. The van der Waals surface area contributed by atoms with Gasteiger partial charge in [-0.05, 0) is 61.0 Å². The third-order valence-electron chi connectivity index (χ3n) is 5.44. The molecule has 3 aromatic carbocycles. The van der Waals surface area contributed by atoms with E-state index >= 15 is 0 Å². The van der Waals surface area contributed by atoms with E-state index in [1.165, 1.54) is 22.0 Å². The van der Waals surface area contributed by atoms with Crippen molar-refractivity contribution in [2.75, 3.05) is 11.1 Å². The summed E-state index contributed by atoms with van der Waals surface area (Å²) in [4.78, 5) is 17.4. The molecular weight excluding hydrogens is 510 g/mol. The minimum atomic E-state index is -0.129. The molecule has 0 atom stereocenters. The maximum atomic E-state index is 12.6. The molecule has 2 aromatic heterocycles. The van der Waals surface area contributed by atoms with Crippen molar-refractivity contribution in [2.24, 2.45) is 0 Å². The van der Waals surface area contributed by atoms with Crippen LogP contribution in [0.4, 0.5) is 5.69 Å². The molecule has 0 saturated heterocycles. The summed E-state index contributed by atoms with van der Waals surface area (Å²) >= 11 is 9.34. The highest BCUT2D eigenvalue weighted by Crippen LogP contribution is 2.32. The van der Waals surface area contributed by atoms with Gasteiger partial charge in [-0.25, -0.2) is 4.98 Å². The number of aryl methyl sites for hydroxylation is 1. The number of carbonyl (C=O) groups excluding carboxylic acids is 1. The van der Waals surface area contributed by atoms with Crippen LogP contribution in [0, 0.1) is 6.92 Å². The molecule has 0 aliphatic carbocycles. The molecule has 0 aliphatic heterocycles. The molecule has 0 bridgehead atoms. The van der Waals surface area contributed by atoms with Gasteiger partial charge in [0.25, 0.3) is 0 Å². The third-order valence-corrected chi connectivity index (χ3v) is 7.80. The summed E-state index contributed by atoms with van der Waals surface area (Å²) in [6.45, 7) is 6.41. The van der Waals surface area contributed by atoms with Gasteiger partial charge in [0.15, 0.2) is 11.0 Å². The Morgan fingerprint density at radius 1 is 1.14 bits per heavy atom. The van der Waals surface area contributed by atoms with Crippen LogP contribution in [0.2, 0.25) is 5.02 Å². The van der Waals surface area contributed by atoms with Crippen molar-refractivity contribution in [3.63, 3.8) is 0 Å². The molecule has 0 unspecified atom stereocenters. The highest BCUT2D eigenvalue weighted by Gasteiger charge is 2.17. The Labute approximate surface area is 222 Å². The quantitative estimate of drug-likeness (QED) is 0.171. The average Bonchev–Trinajstić information content (AvgIpc) is 3.47. The molecule has 1 N–H and O–H groups in total. The Morgan fingerprint density at radius 3 is 2.72 bits per heavy atom. The Kier molecular flexibility index (Phi) is 7.18. The number of rotatable bonds is 8. The van der Waals surface area contributed by atoms with Gasteiger partial charge < -0.3 is 5.32 Å². The number of halogens is 1. The first-order valence-electron chi connectivity index (χ1n) is 11.2. The molecule has 0 fully saturated rings. The van der Waals surface area contributed by atoms with Crippen LogP contribution in [0.3, 0.4) is 0 Å². The second kappa shape index (κ2) is 10.7. The van der Waals surface area contributed by atoms with E-state index in [0.717, 1.165) is 27.3 Å². The van der Waals surface area contributed by atoms with Gasteiger partial charge in [0.1, 0.15) is 5.01 Å². The number of thioether (sulfide) groups is 1. The summed E-state index contributed by atoms with van der Waals surface area (Å²) in [5.41, 5.74) is 4.75. The van der Waals surface area contributed by atoms with Crippen molar-refractivity contribution in [1.82, 2.24) is 19.7 Å². The van der Waals surface area contributed by atoms with Crippen molar-refractivity contribution in [3.05, 3.63) is 90.0 Å². The number of aromatic nitrogens is 4. The van der Waals surface area contributed by atoms with Crippen LogP contribution in [0.15, 0.2) is 84.5 Å². The van der Waals surface area contributed by atoms with Gasteiger partial charge in [0.2, 0.25) is 5.91 Å². The summed E-state index contributed by atoms with van der Waals surface area (Å²) in [5, 5.41) is 13.7. The fraction of sp³-hybridized carbons (Fsp3) is 0.111. The van der Waals surface area contributed by atoms with E-state index in [1.807, 2.05) is 59.2 Å². The number of benzene rings is 3. The molecule has 2 heterocycles. The highest BCUT2D eigenvalue weighted by molar-refractivity contribution is 7.99. The maximum Gasteiger partial charge on any atom is 0.234 e. The second-order valence-corrected chi connectivity index (χ2v) is 10.5. The van der Waals surface area contributed by atoms with Crippen molar-refractivity contribution in [3.8, 4) is 22.0 Å². The standard InChI is InChI=1S/C27H22ClN5OS2/c1-3-14-33-25(20-6-4-5-7-21(20)28)31-32-27(33)35-16-24(34)29-19-11-9-18(10-12-19)26-30-22-13-8-17(2)15-23(22)36-26/h3-13,15H,1,14,16H2,2H3,(H,29,34). The summed E-state index contributed by atoms with van der Waals surface area (Å²) in [6.07, 6.45) is 1.77. The molecule has 0 spiro atoms. The molecule has 0 saturated carbocycles. The van der Waals surface area contributed by atoms with Gasteiger partial charge in [-0.2, -0.15) is 0 Å². The molecule has 5 rings (SSSR count). The van der Waals surface area contributed by atoms with Crippen LogP contribution in [0.25, 0.3) is 32.2 Å². The zero-order valence-corrected chi connectivity index (χ0v) is 21.8. The first-order chi connectivity index (χ1) is 17.5. The summed E-state index contributed by atoms with van der Waals surface area (Å²) < 4.78 is 3.07. The molecule has 36 heavy (non-hydrogen) atoms. The Morgan fingerprint density at radius 2 is 1.94 bits per heavy atom. The van der Waals surface area contributed by atoms with Crippen LogP contribution >= 0.6 is 34.7 Å². The van der Waals surface area contributed by atoms with Crippen molar-refractivity contribution < 1.29 is 4.79 Å². The SMILES string of the molecule is C=CCn1c(SCC(=O)Nc2ccc(-c3nc4ccc(C)cc4s3)cc2)nnc1-c1ccccc1Cl. The predicted octanol–water partition coefficient (Wildman–Crippen LogP) is 7.10. The molecule has 1 amide bonds. The number of hydrogen-bond donors (Lipinski definition) is 1. The Bertz CT molecular complexity index is 1560. The lowest BCUT2D eigenvalue weighted by Crippen LogP contribution is -2.14. The maximum absolute atomic E-state index is 12.6. The van der Waals surface area contributed by atoms with Crippen LogP contribution in [-0.4, -0.2) is 31.4 Å². The van der Waals surface area contributed by atoms with E-state index in [0.29, 0.717) is 22.5 Å². The first-order valence-corrected chi connectivity index (χ1v) is 13.4. The number of nitrogens with one attached hydrogen (secondary N) is 1.